The van der Waals surface area contributed by atoms with E-state index in [2.05, 4.69) is 34.4 Å². The molecule has 0 fully saturated rings. The predicted octanol–water partition coefficient (Wildman–Crippen LogP) is 3.81. The van der Waals surface area contributed by atoms with Crippen LogP contribution in [0.2, 0.25) is 0 Å². The number of hydrogen-bond acceptors (Lipinski definition) is 3. The highest BCUT2D eigenvalue weighted by Crippen LogP contribution is 2.23. The lowest BCUT2D eigenvalue weighted by molar-refractivity contribution is -0.153. The Balaban J connectivity index is 0.00000729. The largest absolute Gasteiger partial charge is 0.484 e. The van der Waals surface area contributed by atoms with Crippen LogP contribution < -0.4 is 15.4 Å². The van der Waals surface area contributed by atoms with E-state index < -0.39 is 12.8 Å². The number of halogens is 4. The summed E-state index contributed by atoms with van der Waals surface area (Å²) in [5, 5.41) is 6.40. The number of benzene rings is 1. The van der Waals surface area contributed by atoms with E-state index in [4.69, 9.17) is 4.74 Å². The van der Waals surface area contributed by atoms with Crippen molar-refractivity contribution in [2.24, 2.45) is 10.4 Å². The van der Waals surface area contributed by atoms with Gasteiger partial charge in [-0.25, -0.2) is 0 Å². The molecular formula is C19H32F3IN4O. The second-order valence-electron chi connectivity index (χ2n) is 7.70. The number of ether oxygens (including phenoxy) is 1. The van der Waals surface area contributed by atoms with Gasteiger partial charge in [-0.05, 0) is 38.1 Å². The molecule has 1 aromatic carbocycles. The fourth-order valence-electron chi connectivity index (χ4n) is 2.74. The topological polar surface area (TPSA) is 48.9 Å². The van der Waals surface area contributed by atoms with Crippen LogP contribution in [0.1, 0.15) is 25.0 Å². The molecular weight excluding hydrogens is 484 g/mol. The number of alkyl halides is 3. The Labute approximate surface area is 183 Å². The normalized spacial score (nSPS) is 12.6. The second-order valence-corrected chi connectivity index (χ2v) is 7.70. The van der Waals surface area contributed by atoms with E-state index in [1.54, 1.807) is 19.2 Å². The van der Waals surface area contributed by atoms with E-state index in [1.165, 1.54) is 0 Å². The molecule has 0 aliphatic heterocycles. The summed E-state index contributed by atoms with van der Waals surface area (Å²) in [5.41, 5.74) is 1.51. The van der Waals surface area contributed by atoms with Crippen LogP contribution in [0.3, 0.4) is 0 Å². The van der Waals surface area contributed by atoms with E-state index >= 15 is 0 Å². The highest BCUT2D eigenvalue weighted by atomic mass is 127. The van der Waals surface area contributed by atoms with Crippen molar-refractivity contribution in [2.75, 3.05) is 40.8 Å². The van der Waals surface area contributed by atoms with Gasteiger partial charge in [0.05, 0.1) is 0 Å². The molecule has 28 heavy (non-hydrogen) atoms. The van der Waals surface area contributed by atoms with Crippen molar-refractivity contribution in [3.63, 3.8) is 0 Å². The van der Waals surface area contributed by atoms with E-state index in [1.807, 2.05) is 27.1 Å². The van der Waals surface area contributed by atoms with Gasteiger partial charge in [0, 0.05) is 32.2 Å². The molecule has 0 saturated carbocycles. The third-order valence-electron chi connectivity index (χ3n) is 3.76. The van der Waals surface area contributed by atoms with Gasteiger partial charge in [-0.1, -0.05) is 26.0 Å². The maximum Gasteiger partial charge on any atom is 0.422 e. The zero-order valence-corrected chi connectivity index (χ0v) is 19.7. The van der Waals surface area contributed by atoms with Gasteiger partial charge in [0.15, 0.2) is 12.6 Å². The lowest BCUT2D eigenvalue weighted by Crippen LogP contribution is -2.44. The summed E-state index contributed by atoms with van der Waals surface area (Å²) >= 11 is 0. The Morgan fingerprint density at radius 1 is 1.18 bits per heavy atom. The molecule has 0 radical (unpaired) electrons. The quantitative estimate of drug-likeness (QED) is 0.314. The van der Waals surface area contributed by atoms with Crippen LogP contribution in [0.25, 0.3) is 0 Å². The van der Waals surface area contributed by atoms with E-state index in [-0.39, 0.29) is 35.1 Å². The molecule has 5 nitrogen and oxygen atoms in total. The number of guanidine groups is 1. The number of rotatable bonds is 8. The minimum absolute atomic E-state index is 0. The third-order valence-corrected chi connectivity index (χ3v) is 3.76. The van der Waals surface area contributed by atoms with Crippen LogP contribution in [-0.4, -0.2) is 57.9 Å². The van der Waals surface area contributed by atoms with Gasteiger partial charge in [0.1, 0.15) is 5.75 Å². The Hall–Kier alpha value is -1.23. The first kappa shape index (κ1) is 26.8. The van der Waals surface area contributed by atoms with Crippen LogP contribution in [0.4, 0.5) is 13.2 Å². The van der Waals surface area contributed by atoms with Crippen LogP contribution in [-0.2, 0) is 6.54 Å². The molecule has 0 atom stereocenters. The highest BCUT2D eigenvalue weighted by molar-refractivity contribution is 14.0. The molecule has 162 valence electrons. The maximum absolute atomic E-state index is 12.5. The van der Waals surface area contributed by atoms with Crippen molar-refractivity contribution in [3.05, 3.63) is 29.3 Å². The average molecular weight is 516 g/mol. The fraction of sp³-hybridized carbons (Fsp3) is 0.632. The molecule has 0 aromatic heterocycles. The van der Waals surface area contributed by atoms with Gasteiger partial charge in [-0.3, -0.25) is 4.99 Å². The second kappa shape index (κ2) is 11.7. The van der Waals surface area contributed by atoms with Crippen molar-refractivity contribution in [1.82, 2.24) is 15.5 Å². The molecule has 9 heteroatoms. The predicted molar refractivity (Wildman–Crippen MR) is 119 cm³/mol. The molecule has 1 rings (SSSR count). The average Bonchev–Trinajstić information content (AvgIpc) is 2.52. The van der Waals surface area contributed by atoms with Gasteiger partial charge >= 0.3 is 6.18 Å². The standard InChI is InChI=1S/C19H31F3N4O.HI/c1-14-7-8-15(16(9-14)27-13-19(20,21)22)10-24-17(23-4)25-11-18(2,3)12-26(5)6;/h7-9H,10-13H2,1-6H3,(H2,23,24,25);1H. The van der Waals surface area contributed by atoms with Crippen LogP contribution in [0.5, 0.6) is 5.75 Å². The molecule has 0 spiro atoms. The molecule has 0 aliphatic rings. The van der Waals surface area contributed by atoms with Gasteiger partial charge < -0.3 is 20.3 Å². The number of aryl methyl sites for hydroxylation is 1. The SMILES string of the molecule is CN=C(NCc1ccc(C)cc1OCC(F)(F)F)NCC(C)(C)CN(C)C.I. The van der Waals surface area contributed by atoms with Crippen molar-refractivity contribution in [1.29, 1.82) is 0 Å². The van der Waals surface area contributed by atoms with Crippen molar-refractivity contribution >= 4 is 29.9 Å². The summed E-state index contributed by atoms with van der Waals surface area (Å²) in [7, 11) is 5.70. The van der Waals surface area contributed by atoms with Crippen LogP contribution in [0, 0.1) is 12.3 Å². The first-order valence-corrected chi connectivity index (χ1v) is 8.80. The molecule has 0 aliphatic carbocycles. The van der Waals surface area contributed by atoms with Crippen LogP contribution in [0.15, 0.2) is 23.2 Å². The number of nitrogens with one attached hydrogen (secondary N) is 2. The van der Waals surface area contributed by atoms with E-state index in [9.17, 15) is 13.2 Å². The summed E-state index contributed by atoms with van der Waals surface area (Å²) < 4.78 is 42.4. The molecule has 0 unspecified atom stereocenters. The van der Waals surface area contributed by atoms with Crippen LogP contribution >= 0.6 is 24.0 Å². The van der Waals surface area contributed by atoms with Gasteiger partial charge in [0.2, 0.25) is 0 Å². The van der Waals surface area contributed by atoms with Gasteiger partial charge in [0.25, 0.3) is 0 Å². The molecule has 0 heterocycles. The number of aliphatic imine (C=N–C) groups is 1. The third kappa shape index (κ3) is 10.9. The van der Waals surface area contributed by atoms with Gasteiger partial charge in [-0.15, -0.1) is 24.0 Å². The van der Waals surface area contributed by atoms with E-state index in [0.717, 1.165) is 12.1 Å². The Morgan fingerprint density at radius 3 is 2.36 bits per heavy atom. The highest BCUT2D eigenvalue weighted by Gasteiger charge is 2.28. The summed E-state index contributed by atoms with van der Waals surface area (Å²) in [4.78, 5) is 6.30. The number of hydrogen-bond donors (Lipinski definition) is 2. The minimum Gasteiger partial charge on any atom is -0.484 e. The summed E-state index contributed by atoms with van der Waals surface area (Å²) in [6.07, 6.45) is -4.37. The first-order chi connectivity index (χ1) is 12.4. The zero-order chi connectivity index (χ0) is 20.7. The Kier molecular flexibility index (Phi) is 11.2. The van der Waals surface area contributed by atoms with Crippen molar-refractivity contribution in [3.8, 4) is 5.75 Å². The monoisotopic (exact) mass is 516 g/mol. The zero-order valence-electron chi connectivity index (χ0n) is 17.4. The van der Waals surface area contributed by atoms with Crippen molar-refractivity contribution < 1.29 is 17.9 Å². The molecule has 2 N–H and O–H groups in total. The Morgan fingerprint density at radius 2 is 1.82 bits per heavy atom. The molecule has 1 aromatic rings. The molecule has 0 bridgehead atoms. The fourth-order valence-corrected chi connectivity index (χ4v) is 2.74. The van der Waals surface area contributed by atoms with Gasteiger partial charge in [-0.2, -0.15) is 13.2 Å². The molecule has 0 amide bonds. The first-order valence-electron chi connectivity index (χ1n) is 8.80. The smallest absolute Gasteiger partial charge is 0.422 e. The lowest BCUT2D eigenvalue weighted by atomic mass is 9.93. The lowest BCUT2D eigenvalue weighted by Gasteiger charge is -2.29. The minimum atomic E-state index is -4.37. The Bertz CT molecular complexity index is 634. The summed E-state index contributed by atoms with van der Waals surface area (Å²) in [5.74, 6) is 0.812. The number of nitrogens with zero attached hydrogens (tertiary/aromatic N) is 2. The van der Waals surface area contributed by atoms with Crippen molar-refractivity contribution in [2.45, 2.75) is 33.5 Å². The maximum atomic E-state index is 12.5. The van der Waals surface area contributed by atoms with E-state index in [0.29, 0.717) is 24.6 Å². The summed E-state index contributed by atoms with van der Waals surface area (Å²) in [6.45, 7) is 6.72. The summed E-state index contributed by atoms with van der Waals surface area (Å²) in [6, 6.07) is 5.21. The molecule has 0 saturated heterocycles.